The summed E-state index contributed by atoms with van der Waals surface area (Å²) in [6, 6.07) is 84.7. The third kappa shape index (κ3) is 5.94. The summed E-state index contributed by atoms with van der Waals surface area (Å²) in [7, 11) is 0. The molecule has 0 saturated heterocycles. The van der Waals surface area contributed by atoms with E-state index in [4.69, 9.17) is 0 Å². The maximum absolute atomic E-state index is 2.49. The van der Waals surface area contributed by atoms with Crippen molar-refractivity contribution in [2.45, 2.75) is 19.3 Å². The van der Waals surface area contributed by atoms with E-state index >= 15 is 0 Å². The van der Waals surface area contributed by atoms with Crippen molar-refractivity contribution in [3.8, 4) is 22.3 Å². The fourth-order valence-corrected chi connectivity index (χ4v) is 10.4. The number of hydrogen-bond acceptors (Lipinski definition) is 2. The van der Waals surface area contributed by atoms with Crippen LogP contribution in [0.3, 0.4) is 0 Å². The average Bonchev–Trinajstić information content (AvgIpc) is 3.57. The van der Waals surface area contributed by atoms with Gasteiger partial charge in [0.1, 0.15) is 0 Å². The monoisotopic (exact) mass is 804 g/mol. The molecule has 0 N–H and O–H groups in total. The van der Waals surface area contributed by atoms with E-state index < -0.39 is 0 Å². The summed E-state index contributed by atoms with van der Waals surface area (Å²) in [5.41, 5.74) is 14.5. The van der Waals surface area contributed by atoms with Crippen LogP contribution in [0.5, 0.6) is 0 Å². The molecule has 0 heterocycles. The second-order valence-corrected chi connectivity index (χ2v) is 17.3. The Morgan fingerprint density at radius 2 is 0.841 bits per heavy atom. The van der Waals surface area contributed by atoms with Crippen molar-refractivity contribution in [3.63, 3.8) is 0 Å². The van der Waals surface area contributed by atoms with Gasteiger partial charge in [0.25, 0.3) is 0 Å². The first-order chi connectivity index (χ1) is 31.0. The van der Waals surface area contributed by atoms with Crippen LogP contribution >= 0.6 is 0 Å². The molecule has 2 nitrogen and oxygen atoms in total. The molecular formula is C61H44N2. The largest absolute Gasteiger partial charge is 0.310 e. The van der Waals surface area contributed by atoms with Crippen molar-refractivity contribution in [1.29, 1.82) is 0 Å². The lowest BCUT2D eigenvalue weighted by molar-refractivity contribution is 0.660. The number of rotatable bonds is 7. The van der Waals surface area contributed by atoms with Crippen LogP contribution in [0.4, 0.5) is 34.1 Å². The SMILES string of the molecule is CC1(C)c2ccccc2-c2ccc(N(c3ccccc3)c3c4ccccc4c(-c4ccc(N(c5ccc6ccccc6c5)c5cccc6ccccc56)cc4)c4ccccc34)cc21. The van der Waals surface area contributed by atoms with Crippen LogP contribution < -0.4 is 9.80 Å². The predicted octanol–water partition coefficient (Wildman–Crippen LogP) is 17.2. The van der Waals surface area contributed by atoms with Crippen LogP contribution in [-0.4, -0.2) is 0 Å². The zero-order valence-corrected chi connectivity index (χ0v) is 35.3. The van der Waals surface area contributed by atoms with Crippen LogP contribution in [0.2, 0.25) is 0 Å². The molecule has 2 heteroatoms. The van der Waals surface area contributed by atoms with E-state index in [1.165, 1.54) is 82.2 Å². The Balaban J connectivity index is 1.05. The topological polar surface area (TPSA) is 6.48 Å². The molecule has 11 aromatic rings. The smallest absolute Gasteiger partial charge is 0.0618 e. The van der Waals surface area contributed by atoms with Crippen molar-refractivity contribution < 1.29 is 0 Å². The van der Waals surface area contributed by atoms with Gasteiger partial charge in [-0.1, -0.05) is 190 Å². The van der Waals surface area contributed by atoms with Gasteiger partial charge in [0.05, 0.1) is 11.4 Å². The summed E-state index contributed by atoms with van der Waals surface area (Å²) in [5.74, 6) is 0. The van der Waals surface area contributed by atoms with E-state index in [2.05, 4.69) is 254 Å². The molecule has 0 unspecified atom stereocenters. The highest BCUT2D eigenvalue weighted by Gasteiger charge is 2.36. The van der Waals surface area contributed by atoms with E-state index in [9.17, 15) is 0 Å². The van der Waals surface area contributed by atoms with Crippen molar-refractivity contribution in [2.24, 2.45) is 0 Å². The molecule has 0 aromatic heterocycles. The summed E-state index contributed by atoms with van der Waals surface area (Å²) in [6.07, 6.45) is 0. The van der Waals surface area contributed by atoms with E-state index in [1.807, 2.05) is 0 Å². The number of fused-ring (bicyclic) bond motifs is 7. The van der Waals surface area contributed by atoms with Gasteiger partial charge in [-0.15, -0.1) is 0 Å². The minimum atomic E-state index is -0.123. The van der Waals surface area contributed by atoms with Gasteiger partial charge in [-0.3, -0.25) is 0 Å². The number of anilines is 6. The first-order valence-electron chi connectivity index (χ1n) is 21.9. The number of para-hydroxylation sites is 1. The van der Waals surface area contributed by atoms with Crippen LogP contribution in [0.15, 0.2) is 231 Å². The summed E-state index contributed by atoms with van der Waals surface area (Å²) in [6.45, 7) is 4.73. The Labute approximate surface area is 368 Å². The first kappa shape index (κ1) is 36.9. The van der Waals surface area contributed by atoms with Crippen molar-refractivity contribution in [3.05, 3.63) is 242 Å². The molecule has 0 spiro atoms. The van der Waals surface area contributed by atoms with E-state index in [0.29, 0.717) is 0 Å². The molecule has 0 amide bonds. The summed E-state index contributed by atoms with van der Waals surface area (Å²) < 4.78 is 0. The van der Waals surface area contributed by atoms with Crippen molar-refractivity contribution in [1.82, 2.24) is 0 Å². The van der Waals surface area contributed by atoms with Crippen molar-refractivity contribution in [2.75, 3.05) is 9.80 Å². The fourth-order valence-electron chi connectivity index (χ4n) is 10.4. The predicted molar refractivity (Wildman–Crippen MR) is 269 cm³/mol. The molecule has 11 aromatic carbocycles. The third-order valence-electron chi connectivity index (χ3n) is 13.4. The Hall–Kier alpha value is -7.94. The van der Waals surface area contributed by atoms with Gasteiger partial charge in [0.15, 0.2) is 0 Å². The second-order valence-electron chi connectivity index (χ2n) is 17.3. The van der Waals surface area contributed by atoms with Gasteiger partial charge >= 0.3 is 0 Å². The Morgan fingerprint density at radius 3 is 1.59 bits per heavy atom. The summed E-state index contributed by atoms with van der Waals surface area (Å²) >= 11 is 0. The summed E-state index contributed by atoms with van der Waals surface area (Å²) in [5, 5.41) is 9.72. The molecule has 1 aliphatic rings. The number of hydrogen-bond donors (Lipinski definition) is 0. The van der Waals surface area contributed by atoms with Crippen LogP contribution in [-0.2, 0) is 5.41 Å². The van der Waals surface area contributed by atoms with E-state index in [0.717, 1.165) is 28.4 Å². The zero-order chi connectivity index (χ0) is 42.1. The average molecular weight is 805 g/mol. The molecule has 0 bridgehead atoms. The molecule has 0 saturated carbocycles. The lowest BCUT2D eigenvalue weighted by atomic mass is 9.82. The maximum atomic E-state index is 2.49. The molecule has 0 fully saturated rings. The van der Waals surface area contributed by atoms with E-state index in [-0.39, 0.29) is 5.41 Å². The lowest BCUT2D eigenvalue weighted by Gasteiger charge is -2.31. The summed E-state index contributed by atoms with van der Waals surface area (Å²) in [4.78, 5) is 4.90. The molecule has 0 radical (unpaired) electrons. The first-order valence-corrected chi connectivity index (χ1v) is 21.9. The molecular weight excluding hydrogens is 761 g/mol. The Morgan fingerprint density at radius 1 is 0.317 bits per heavy atom. The molecule has 63 heavy (non-hydrogen) atoms. The number of nitrogens with zero attached hydrogens (tertiary/aromatic N) is 2. The highest BCUT2D eigenvalue weighted by atomic mass is 15.2. The fraction of sp³-hybridized carbons (Fsp3) is 0.0492. The van der Waals surface area contributed by atoms with Gasteiger partial charge in [-0.05, 0) is 115 Å². The zero-order valence-electron chi connectivity index (χ0n) is 35.3. The van der Waals surface area contributed by atoms with Gasteiger partial charge in [-0.25, -0.2) is 0 Å². The molecule has 1 aliphatic carbocycles. The third-order valence-corrected chi connectivity index (χ3v) is 13.4. The highest BCUT2D eigenvalue weighted by molar-refractivity contribution is 6.22. The van der Waals surface area contributed by atoms with Crippen molar-refractivity contribution >= 4 is 77.2 Å². The van der Waals surface area contributed by atoms with Crippen LogP contribution in [0.1, 0.15) is 25.0 Å². The molecule has 12 rings (SSSR count). The van der Waals surface area contributed by atoms with Crippen LogP contribution in [0, 0.1) is 0 Å². The lowest BCUT2D eigenvalue weighted by Crippen LogP contribution is -2.17. The Bertz CT molecular complexity index is 3490. The molecule has 0 atom stereocenters. The van der Waals surface area contributed by atoms with Gasteiger partial charge < -0.3 is 9.80 Å². The van der Waals surface area contributed by atoms with Gasteiger partial charge in [0.2, 0.25) is 0 Å². The minimum absolute atomic E-state index is 0.123. The second kappa shape index (κ2) is 14.6. The maximum Gasteiger partial charge on any atom is 0.0618 e. The van der Waals surface area contributed by atoms with Crippen LogP contribution in [0.25, 0.3) is 65.3 Å². The van der Waals surface area contributed by atoms with Gasteiger partial charge in [0, 0.05) is 44.3 Å². The molecule has 298 valence electrons. The minimum Gasteiger partial charge on any atom is -0.310 e. The van der Waals surface area contributed by atoms with Gasteiger partial charge in [-0.2, -0.15) is 0 Å². The Kier molecular flexibility index (Phi) is 8.55. The quantitative estimate of drug-likeness (QED) is 0.148. The van der Waals surface area contributed by atoms with E-state index in [1.54, 1.807) is 0 Å². The number of benzene rings is 11. The normalized spacial score (nSPS) is 12.7. The standard InChI is InChI=1S/C61H44N2/c1-61(2)56-29-15-14-24-50(56)51-38-37-48(40-57(51)61)63(45-21-4-3-5-22-45)60-54-27-12-10-25-52(54)59(53-26-11-13-28-55(53)60)43-32-34-46(35-33-43)62(47-36-31-41-17-6-7-19-44(41)39-47)58-30-16-20-42-18-8-9-23-49(42)58/h3-40H,1-2H3. The highest BCUT2D eigenvalue weighted by Crippen LogP contribution is 2.53. The molecule has 0 aliphatic heterocycles.